The summed E-state index contributed by atoms with van der Waals surface area (Å²) in [7, 11) is 0. The second-order valence-corrected chi connectivity index (χ2v) is 7.46. The molecule has 0 aliphatic carbocycles. The van der Waals surface area contributed by atoms with Crippen LogP contribution in [0, 0.1) is 0 Å². The van der Waals surface area contributed by atoms with E-state index in [2.05, 4.69) is 69.4 Å². The molecule has 2 heteroatoms. The molecule has 1 N–H and O–H groups in total. The van der Waals surface area contributed by atoms with Crippen molar-refractivity contribution in [2.24, 2.45) is 0 Å². The third-order valence-corrected chi connectivity index (χ3v) is 4.97. The summed E-state index contributed by atoms with van der Waals surface area (Å²) in [6.07, 6.45) is 1.11. The predicted molar refractivity (Wildman–Crippen MR) is 89.4 cm³/mol. The molecule has 0 atom stereocenters. The van der Waals surface area contributed by atoms with E-state index in [1.165, 1.54) is 20.9 Å². The predicted octanol–water partition coefficient (Wildman–Crippen LogP) is 4.90. The van der Waals surface area contributed by atoms with Gasteiger partial charge in [-0.25, -0.2) is 0 Å². The van der Waals surface area contributed by atoms with Gasteiger partial charge in [-0.05, 0) is 35.1 Å². The summed E-state index contributed by atoms with van der Waals surface area (Å²) in [4.78, 5) is 2.88. The molecule has 1 heterocycles. The Balaban J connectivity index is 1.84. The summed E-state index contributed by atoms with van der Waals surface area (Å²) < 4.78 is 0. The van der Waals surface area contributed by atoms with Crippen molar-refractivity contribution in [1.29, 1.82) is 0 Å². The van der Waals surface area contributed by atoms with Crippen molar-refractivity contribution in [3.05, 3.63) is 57.3 Å². The fourth-order valence-corrected chi connectivity index (χ4v) is 3.13. The number of nitrogens with one attached hydrogen (secondary N) is 1. The Bertz CT molecular complexity index is 531. The molecular formula is C18H25NS. The maximum Gasteiger partial charge on any atom is 0.0303 e. The molecule has 0 spiro atoms. The second kappa shape index (κ2) is 6.55. The van der Waals surface area contributed by atoms with Gasteiger partial charge in [0.15, 0.2) is 0 Å². The lowest BCUT2D eigenvalue weighted by molar-refractivity contribution is 0.604. The largest absolute Gasteiger partial charge is 0.308 e. The van der Waals surface area contributed by atoms with Crippen molar-refractivity contribution in [2.75, 3.05) is 0 Å². The zero-order valence-corrected chi connectivity index (χ0v) is 13.8. The first-order valence-electron chi connectivity index (χ1n) is 7.37. The highest BCUT2D eigenvalue weighted by molar-refractivity contribution is 7.12. The van der Waals surface area contributed by atoms with E-state index < -0.39 is 0 Å². The van der Waals surface area contributed by atoms with Crippen LogP contribution in [0.25, 0.3) is 0 Å². The molecule has 1 aromatic heterocycles. The molecule has 1 aromatic carbocycles. The van der Waals surface area contributed by atoms with E-state index in [4.69, 9.17) is 0 Å². The SMILES string of the molecule is CCc1ccc(CNCc2ccc(C(C)(C)C)s2)cc1. The van der Waals surface area contributed by atoms with Crippen LogP contribution in [0.4, 0.5) is 0 Å². The van der Waals surface area contributed by atoms with Crippen LogP contribution < -0.4 is 5.32 Å². The number of rotatable bonds is 5. The monoisotopic (exact) mass is 287 g/mol. The molecule has 0 fully saturated rings. The molecule has 0 unspecified atom stereocenters. The fourth-order valence-electron chi connectivity index (χ4n) is 2.10. The standard InChI is InChI=1S/C18H25NS/c1-5-14-6-8-15(9-7-14)12-19-13-16-10-11-17(20-16)18(2,3)4/h6-11,19H,5,12-13H2,1-4H3. The van der Waals surface area contributed by atoms with Gasteiger partial charge in [-0.3, -0.25) is 0 Å². The lowest BCUT2D eigenvalue weighted by atomic mass is 9.95. The summed E-state index contributed by atoms with van der Waals surface area (Å²) >= 11 is 1.92. The van der Waals surface area contributed by atoms with Crippen molar-refractivity contribution < 1.29 is 0 Å². The topological polar surface area (TPSA) is 12.0 Å². The summed E-state index contributed by atoms with van der Waals surface area (Å²) in [5.74, 6) is 0. The van der Waals surface area contributed by atoms with Gasteiger partial charge in [-0.15, -0.1) is 11.3 Å². The van der Waals surface area contributed by atoms with Crippen molar-refractivity contribution in [2.45, 2.75) is 52.6 Å². The van der Waals surface area contributed by atoms with E-state index in [0.717, 1.165) is 19.5 Å². The van der Waals surface area contributed by atoms with Crippen LogP contribution in [-0.4, -0.2) is 0 Å². The average Bonchev–Trinajstić information content (AvgIpc) is 2.88. The Hall–Kier alpha value is -1.12. The molecule has 108 valence electrons. The number of aryl methyl sites for hydroxylation is 1. The van der Waals surface area contributed by atoms with E-state index in [9.17, 15) is 0 Å². The highest BCUT2D eigenvalue weighted by atomic mass is 32.1. The van der Waals surface area contributed by atoms with Gasteiger partial charge in [-0.1, -0.05) is 52.0 Å². The highest BCUT2D eigenvalue weighted by Gasteiger charge is 2.15. The van der Waals surface area contributed by atoms with E-state index in [1.54, 1.807) is 0 Å². The first-order chi connectivity index (χ1) is 9.49. The minimum atomic E-state index is 0.263. The molecule has 0 saturated heterocycles. The molecule has 0 aliphatic rings. The van der Waals surface area contributed by atoms with Gasteiger partial charge in [0.05, 0.1) is 0 Å². The molecule has 1 nitrogen and oxygen atoms in total. The molecule has 2 aromatic rings. The smallest absolute Gasteiger partial charge is 0.0303 e. The summed E-state index contributed by atoms with van der Waals surface area (Å²) in [5.41, 5.74) is 3.02. The van der Waals surface area contributed by atoms with Gasteiger partial charge in [-0.2, -0.15) is 0 Å². The average molecular weight is 287 g/mol. The quantitative estimate of drug-likeness (QED) is 0.825. The fraction of sp³-hybridized carbons (Fsp3) is 0.444. The van der Waals surface area contributed by atoms with Gasteiger partial charge < -0.3 is 5.32 Å². The number of thiophene rings is 1. The van der Waals surface area contributed by atoms with Gasteiger partial charge in [0.1, 0.15) is 0 Å². The Morgan fingerprint density at radius 2 is 1.55 bits per heavy atom. The number of hydrogen-bond acceptors (Lipinski definition) is 2. The zero-order valence-electron chi connectivity index (χ0n) is 13.0. The first kappa shape index (κ1) is 15.3. The van der Waals surface area contributed by atoms with Crippen LogP contribution in [0.3, 0.4) is 0 Å². The van der Waals surface area contributed by atoms with E-state index in [-0.39, 0.29) is 5.41 Å². The molecule has 0 bridgehead atoms. The maximum atomic E-state index is 3.53. The molecule has 0 saturated carbocycles. The van der Waals surface area contributed by atoms with E-state index >= 15 is 0 Å². The van der Waals surface area contributed by atoms with Gasteiger partial charge in [0.2, 0.25) is 0 Å². The summed E-state index contributed by atoms with van der Waals surface area (Å²) in [6.45, 7) is 10.9. The van der Waals surface area contributed by atoms with Crippen LogP contribution in [0.1, 0.15) is 48.6 Å². The Morgan fingerprint density at radius 3 is 2.10 bits per heavy atom. The van der Waals surface area contributed by atoms with Gasteiger partial charge >= 0.3 is 0 Å². The van der Waals surface area contributed by atoms with Crippen LogP contribution >= 0.6 is 11.3 Å². The number of benzene rings is 1. The zero-order chi connectivity index (χ0) is 14.6. The van der Waals surface area contributed by atoms with Crippen molar-refractivity contribution in [3.8, 4) is 0 Å². The third kappa shape index (κ3) is 4.19. The minimum absolute atomic E-state index is 0.263. The van der Waals surface area contributed by atoms with Crippen LogP contribution in [0.2, 0.25) is 0 Å². The van der Waals surface area contributed by atoms with E-state index in [1.807, 2.05) is 11.3 Å². The molecule has 0 aliphatic heterocycles. The second-order valence-electron chi connectivity index (χ2n) is 6.29. The van der Waals surface area contributed by atoms with Gasteiger partial charge in [0, 0.05) is 22.8 Å². The molecule has 2 rings (SSSR count). The Kier molecular flexibility index (Phi) is 5.00. The summed E-state index contributed by atoms with van der Waals surface area (Å²) in [5, 5.41) is 3.53. The first-order valence-corrected chi connectivity index (χ1v) is 8.18. The van der Waals surface area contributed by atoms with Crippen LogP contribution in [-0.2, 0) is 24.9 Å². The molecule has 20 heavy (non-hydrogen) atoms. The van der Waals surface area contributed by atoms with Crippen molar-refractivity contribution in [3.63, 3.8) is 0 Å². The lowest BCUT2D eigenvalue weighted by Crippen LogP contribution is -2.11. The van der Waals surface area contributed by atoms with Crippen LogP contribution in [0.5, 0.6) is 0 Å². The van der Waals surface area contributed by atoms with Crippen molar-refractivity contribution in [1.82, 2.24) is 5.32 Å². The lowest BCUT2D eigenvalue weighted by Gasteiger charge is -2.15. The molecule has 0 radical (unpaired) electrons. The van der Waals surface area contributed by atoms with E-state index in [0.29, 0.717) is 0 Å². The van der Waals surface area contributed by atoms with Crippen LogP contribution in [0.15, 0.2) is 36.4 Å². The molecular weight excluding hydrogens is 262 g/mol. The summed E-state index contributed by atoms with van der Waals surface area (Å²) in [6, 6.07) is 13.4. The van der Waals surface area contributed by atoms with Crippen molar-refractivity contribution >= 4 is 11.3 Å². The third-order valence-electron chi connectivity index (χ3n) is 3.46. The maximum absolute atomic E-state index is 3.53. The molecule has 0 amide bonds. The minimum Gasteiger partial charge on any atom is -0.308 e. The Morgan fingerprint density at radius 1 is 0.900 bits per heavy atom. The Labute approximate surface area is 127 Å². The van der Waals surface area contributed by atoms with Gasteiger partial charge in [0.25, 0.3) is 0 Å². The number of hydrogen-bond donors (Lipinski definition) is 1. The highest BCUT2D eigenvalue weighted by Crippen LogP contribution is 2.29. The normalized spacial score (nSPS) is 11.8.